The summed E-state index contributed by atoms with van der Waals surface area (Å²) < 4.78 is 5.24. The zero-order valence-electron chi connectivity index (χ0n) is 12.7. The number of amides is 1. The van der Waals surface area contributed by atoms with E-state index in [-0.39, 0.29) is 12.6 Å². The Morgan fingerprint density at radius 2 is 1.82 bits per heavy atom. The van der Waals surface area contributed by atoms with Gasteiger partial charge in [-0.3, -0.25) is 9.69 Å². The monoisotopic (exact) mass is 293 g/mol. The fraction of sp³-hybridized carbons (Fsp3) is 0.211. The summed E-state index contributed by atoms with van der Waals surface area (Å²) >= 11 is 0. The van der Waals surface area contributed by atoms with Crippen molar-refractivity contribution in [2.75, 3.05) is 18.7 Å². The molecule has 112 valence electrons. The Hall–Kier alpha value is -2.39. The fourth-order valence-electron chi connectivity index (χ4n) is 3.32. The summed E-state index contributed by atoms with van der Waals surface area (Å²) in [7, 11) is 1.60. The molecule has 0 aromatic heterocycles. The van der Waals surface area contributed by atoms with Gasteiger partial charge in [-0.15, -0.1) is 6.58 Å². The molecule has 3 rings (SSSR count). The Morgan fingerprint density at radius 1 is 1.14 bits per heavy atom. The van der Waals surface area contributed by atoms with E-state index in [9.17, 15) is 4.79 Å². The van der Waals surface area contributed by atoms with Crippen LogP contribution in [0.1, 0.15) is 17.5 Å². The van der Waals surface area contributed by atoms with E-state index in [1.165, 1.54) is 0 Å². The van der Waals surface area contributed by atoms with Gasteiger partial charge in [0.25, 0.3) is 0 Å². The number of nitrogens with zero attached hydrogens (tertiary/aromatic N) is 1. The Balaban J connectivity index is 2.26. The van der Waals surface area contributed by atoms with Crippen molar-refractivity contribution >= 4 is 11.6 Å². The van der Waals surface area contributed by atoms with Gasteiger partial charge in [0.2, 0.25) is 5.91 Å². The summed E-state index contributed by atoms with van der Waals surface area (Å²) in [6, 6.07) is 17.8. The minimum atomic E-state index is -0.710. The van der Waals surface area contributed by atoms with Crippen LogP contribution in [0.5, 0.6) is 0 Å². The van der Waals surface area contributed by atoms with E-state index in [4.69, 9.17) is 4.74 Å². The summed E-state index contributed by atoms with van der Waals surface area (Å²) in [4.78, 5) is 15.0. The smallest absolute Gasteiger partial charge is 0.244 e. The van der Waals surface area contributed by atoms with Crippen molar-refractivity contribution in [2.24, 2.45) is 0 Å². The number of anilines is 1. The van der Waals surface area contributed by atoms with Gasteiger partial charge in [-0.05, 0) is 23.6 Å². The number of ether oxygens (including phenoxy) is 1. The Morgan fingerprint density at radius 3 is 2.50 bits per heavy atom. The lowest BCUT2D eigenvalue weighted by molar-refractivity contribution is -0.122. The molecule has 0 radical (unpaired) electrons. The quantitative estimate of drug-likeness (QED) is 0.790. The minimum absolute atomic E-state index is 0.0432. The number of hydrogen-bond donors (Lipinski definition) is 0. The third-order valence-corrected chi connectivity index (χ3v) is 4.24. The van der Waals surface area contributed by atoms with Gasteiger partial charge in [-0.1, -0.05) is 54.6 Å². The minimum Gasteiger partial charge on any atom is -0.364 e. The fourth-order valence-corrected chi connectivity index (χ4v) is 3.32. The molecule has 0 aliphatic carbocycles. The van der Waals surface area contributed by atoms with Gasteiger partial charge in [-0.25, -0.2) is 0 Å². The first-order valence-electron chi connectivity index (χ1n) is 7.32. The molecule has 0 spiro atoms. The average Bonchev–Trinajstić information content (AvgIpc) is 2.80. The molecule has 1 aliphatic rings. The number of carbonyl (C=O) groups is 1. The van der Waals surface area contributed by atoms with Crippen LogP contribution in [0.15, 0.2) is 67.3 Å². The first-order valence-corrected chi connectivity index (χ1v) is 7.32. The molecule has 0 saturated carbocycles. The molecule has 22 heavy (non-hydrogen) atoms. The molecule has 1 amide bonds. The van der Waals surface area contributed by atoms with E-state index in [1.54, 1.807) is 12.0 Å². The second-order valence-electron chi connectivity index (χ2n) is 5.43. The van der Waals surface area contributed by atoms with Gasteiger partial charge in [-0.2, -0.15) is 0 Å². The van der Waals surface area contributed by atoms with Crippen LogP contribution in [0, 0.1) is 0 Å². The molecule has 1 heterocycles. The average molecular weight is 293 g/mol. The number of allylic oxidation sites excluding steroid dienone is 1. The molecule has 3 nitrogen and oxygen atoms in total. The summed E-state index contributed by atoms with van der Waals surface area (Å²) in [5, 5.41) is 0. The third kappa shape index (κ3) is 1.97. The van der Waals surface area contributed by atoms with Crippen LogP contribution in [0.3, 0.4) is 0 Å². The van der Waals surface area contributed by atoms with Gasteiger partial charge < -0.3 is 4.74 Å². The molecular formula is C19H19NO2. The van der Waals surface area contributed by atoms with Crippen LogP contribution in [-0.4, -0.2) is 19.7 Å². The number of para-hydroxylation sites is 1. The maximum absolute atomic E-state index is 13.3. The molecular weight excluding hydrogens is 274 g/mol. The highest BCUT2D eigenvalue weighted by molar-refractivity contribution is 6.10. The summed E-state index contributed by atoms with van der Waals surface area (Å²) in [5.74, 6) is 0.0432. The molecule has 2 aromatic carbocycles. The topological polar surface area (TPSA) is 29.5 Å². The third-order valence-electron chi connectivity index (χ3n) is 4.24. The second kappa shape index (κ2) is 5.78. The Bertz CT molecular complexity index is 696. The number of methoxy groups -OCH3 is 1. The van der Waals surface area contributed by atoms with E-state index in [0.29, 0.717) is 6.42 Å². The van der Waals surface area contributed by atoms with Crippen LogP contribution < -0.4 is 4.90 Å². The Labute approximate surface area is 130 Å². The van der Waals surface area contributed by atoms with Crippen LogP contribution in [0.25, 0.3) is 0 Å². The molecule has 3 heteroatoms. The number of fused-ring (bicyclic) bond motifs is 1. The van der Waals surface area contributed by atoms with Crippen LogP contribution in [0.2, 0.25) is 0 Å². The largest absolute Gasteiger partial charge is 0.364 e. The summed E-state index contributed by atoms with van der Waals surface area (Å²) in [6.07, 6.45) is 2.38. The first-order chi connectivity index (χ1) is 10.8. The highest BCUT2D eigenvalue weighted by Gasteiger charge is 2.50. The predicted octanol–water partition coefficient (Wildman–Crippen LogP) is 3.50. The van der Waals surface area contributed by atoms with Gasteiger partial charge in [0, 0.05) is 7.11 Å². The van der Waals surface area contributed by atoms with Crippen LogP contribution in [0.4, 0.5) is 5.69 Å². The van der Waals surface area contributed by atoms with E-state index in [1.807, 2.05) is 60.7 Å². The molecule has 0 bridgehead atoms. The van der Waals surface area contributed by atoms with Gasteiger partial charge in [0.1, 0.15) is 12.1 Å². The molecule has 2 aromatic rings. The SMILES string of the molecule is C=CC[C@]1(c2ccccc2)C(=O)N(COC)c2ccccc21. The van der Waals surface area contributed by atoms with E-state index in [2.05, 4.69) is 6.58 Å². The van der Waals surface area contributed by atoms with Crippen molar-refractivity contribution in [2.45, 2.75) is 11.8 Å². The van der Waals surface area contributed by atoms with E-state index < -0.39 is 5.41 Å². The number of rotatable bonds is 5. The summed E-state index contributed by atoms with van der Waals surface area (Å²) in [5.41, 5.74) is 2.21. The van der Waals surface area contributed by atoms with Crippen LogP contribution >= 0.6 is 0 Å². The molecule has 0 N–H and O–H groups in total. The van der Waals surface area contributed by atoms with Crippen molar-refractivity contribution in [3.8, 4) is 0 Å². The lowest BCUT2D eigenvalue weighted by Crippen LogP contribution is -2.41. The maximum Gasteiger partial charge on any atom is 0.244 e. The van der Waals surface area contributed by atoms with Gasteiger partial charge >= 0.3 is 0 Å². The van der Waals surface area contributed by atoms with Crippen molar-refractivity contribution in [3.05, 3.63) is 78.4 Å². The van der Waals surface area contributed by atoms with Gasteiger partial charge in [0.15, 0.2) is 0 Å². The number of benzene rings is 2. The van der Waals surface area contributed by atoms with Crippen LogP contribution in [-0.2, 0) is 14.9 Å². The standard InChI is InChI=1S/C19H19NO2/c1-3-13-19(15-9-5-4-6-10-15)16-11-7-8-12-17(16)20(14-22-2)18(19)21/h3-12H,1,13-14H2,2H3/t19-/m1/s1. The second-order valence-corrected chi connectivity index (χ2v) is 5.43. The zero-order chi connectivity index (χ0) is 15.6. The Kier molecular flexibility index (Phi) is 3.82. The molecule has 0 saturated heterocycles. The normalized spacial score (nSPS) is 20.0. The van der Waals surface area contributed by atoms with E-state index in [0.717, 1.165) is 16.8 Å². The lowest BCUT2D eigenvalue weighted by atomic mass is 9.73. The predicted molar refractivity (Wildman–Crippen MR) is 87.8 cm³/mol. The van der Waals surface area contributed by atoms with Gasteiger partial charge in [0.05, 0.1) is 5.69 Å². The van der Waals surface area contributed by atoms with E-state index >= 15 is 0 Å². The molecule has 1 atom stereocenters. The van der Waals surface area contributed by atoms with Crippen molar-refractivity contribution in [1.29, 1.82) is 0 Å². The van der Waals surface area contributed by atoms with Crippen molar-refractivity contribution < 1.29 is 9.53 Å². The summed E-state index contributed by atoms with van der Waals surface area (Å²) in [6.45, 7) is 4.12. The molecule has 0 fully saturated rings. The molecule has 0 unspecified atom stereocenters. The lowest BCUT2D eigenvalue weighted by Gasteiger charge is -2.28. The highest BCUT2D eigenvalue weighted by Crippen LogP contribution is 2.48. The van der Waals surface area contributed by atoms with Crippen molar-refractivity contribution in [3.63, 3.8) is 0 Å². The zero-order valence-corrected chi connectivity index (χ0v) is 12.7. The first kappa shape index (κ1) is 14.5. The maximum atomic E-state index is 13.3. The number of carbonyl (C=O) groups excluding carboxylic acids is 1. The van der Waals surface area contributed by atoms with Crippen molar-refractivity contribution in [1.82, 2.24) is 0 Å². The highest BCUT2D eigenvalue weighted by atomic mass is 16.5. The number of hydrogen-bond acceptors (Lipinski definition) is 2. The molecule has 1 aliphatic heterocycles.